The molecule has 0 unspecified atom stereocenters. The predicted molar refractivity (Wildman–Crippen MR) is 86.9 cm³/mol. The van der Waals surface area contributed by atoms with Crippen LogP contribution in [0.4, 0.5) is 11.5 Å². The van der Waals surface area contributed by atoms with E-state index in [0.29, 0.717) is 0 Å². The molecule has 5 nitrogen and oxygen atoms in total. The third-order valence-electron chi connectivity index (χ3n) is 4.05. The second kappa shape index (κ2) is 4.94. The Labute approximate surface area is 129 Å². The maximum absolute atomic E-state index is 4.91. The Balaban J connectivity index is 2.08. The Morgan fingerprint density at radius 2 is 2.09 bits per heavy atom. The monoisotopic (exact) mass is 291 g/mol. The zero-order chi connectivity index (χ0) is 15.1. The molecule has 0 amide bonds. The van der Waals surface area contributed by atoms with Gasteiger partial charge in [-0.1, -0.05) is 6.92 Å². The topological polar surface area (TPSA) is 55.6 Å². The van der Waals surface area contributed by atoms with Gasteiger partial charge < -0.3 is 9.88 Å². The van der Waals surface area contributed by atoms with Crippen LogP contribution in [0.2, 0.25) is 0 Å². The van der Waals surface area contributed by atoms with Crippen LogP contribution in [0.15, 0.2) is 36.8 Å². The van der Waals surface area contributed by atoms with Gasteiger partial charge in [-0.15, -0.1) is 0 Å². The summed E-state index contributed by atoms with van der Waals surface area (Å²) in [6.45, 7) is 2.18. The van der Waals surface area contributed by atoms with Gasteiger partial charge in [-0.3, -0.25) is 4.98 Å². The van der Waals surface area contributed by atoms with Crippen molar-refractivity contribution in [1.82, 2.24) is 19.5 Å². The van der Waals surface area contributed by atoms with E-state index in [-0.39, 0.29) is 0 Å². The minimum atomic E-state index is 0.849. The average molecular weight is 291 g/mol. The van der Waals surface area contributed by atoms with Crippen molar-refractivity contribution in [1.29, 1.82) is 0 Å². The summed E-state index contributed by atoms with van der Waals surface area (Å²) in [6, 6.07) is 6.06. The fraction of sp³-hybridized carbons (Fsp3) is 0.235. The molecule has 0 saturated carbocycles. The standard InChI is InChI=1S/C17H17N5/c1-3-5-14-21-15-11-7-9-18-10-13(11)20-17-12(6-4-8-19-17)16(15)22(14)2/h4,6-10H,3,5H2,1-2H3,(H,19,20). The number of aryl methyl sites for hydroxylation is 1. The minimum Gasteiger partial charge on any atom is -0.338 e. The van der Waals surface area contributed by atoms with Gasteiger partial charge >= 0.3 is 0 Å². The highest BCUT2D eigenvalue weighted by molar-refractivity contribution is 5.94. The highest BCUT2D eigenvalue weighted by Crippen LogP contribution is 2.42. The summed E-state index contributed by atoms with van der Waals surface area (Å²) in [5.74, 6) is 1.95. The van der Waals surface area contributed by atoms with Crippen LogP contribution < -0.4 is 5.32 Å². The van der Waals surface area contributed by atoms with E-state index in [9.17, 15) is 0 Å². The molecule has 1 N–H and O–H groups in total. The van der Waals surface area contributed by atoms with Crippen LogP contribution in [-0.2, 0) is 13.5 Å². The lowest BCUT2D eigenvalue weighted by atomic mass is 10.1. The lowest BCUT2D eigenvalue weighted by molar-refractivity contribution is 0.762. The number of hydrogen-bond acceptors (Lipinski definition) is 4. The van der Waals surface area contributed by atoms with Crippen molar-refractivity contribution in [2.45, 2.75) is 19.8 Å². The van der Waals surface area contributed by atoms with E-state index in [1.165, 1.54) is 0 Å². The first-order chi connectivity index (χ1) is 10.8. The molecule has 0 atom stereocenters. The lowest BCUT2D eigenvalue weighted by Crippen LogP contribution is -2.01. The van der Waals surface area contributed by atoms with Gasteiger partial charge in [0.25, 0.3) is 0 Å². The number of nitrogens with zero attached hydrogens (tertiary/aromatic N) is 4. The van der Waals surface area contributed by atoms with E-state index in [0.717, 1.165) is 52.7 Å². The SMILES string of the molecule is CCCc1nc2c(n1C)-c1cccnc1Nc1cnccc1-2. The van der Waals surface area contributed by atoms with E-state index in [1.807, 2.05) is 24.5 Å². The summed E-state index contributed by atoms with van der Waals surface area (Å²) < 4.78 is 2.19. The normalized spacial score (nSPS) is 11.9. The summed E-state index contributed by atoms with van der Waals surface area (Å²) in [4.78, 5) is 13.6. The highest BCUT2D eigenvalue weighted by Gasteiger charge is 2.25. The van der Waals surface area contributed by atoms with E-state index in [2.05, 4.69) is 39.9 Å². The Hall–Kier alpha value is -2.69. The van der Waals surface area contributed by atoms with Crippen LogP contribution in [-0.4, -0.2) is 19.5 Å². The van der Waals surface area contributed by atoms with Crippen molar-refractivity contribution in [3.05, 3.63) is 42.6 Å². The largest absolute Gasteiger partial charge is 0.338 e. The van der Waals surface area contributed by atoms with Gasteiger partial charge in [0.05, 0.1) is 23.3 Å². The predicted octanol–water partition coefficient (Wildman–Crippen LogP) is 3.55. The first kappa shape index (κ1) is 13.0. The number of imidazole rings is 1. The quantitative estimate of drug-likeness (QED) is 0.613. The van der Waals surface area contributed by atoms with Crippen molar-refractivity contribution in [2.75, 3.05) is 5.32 Å². The Morgan fingerprint density at radius 3 is 2.95 bits per heavy atom. The van der Waals surface area contributed by atoms with Crippen LogP contribution in [0, 0.1) is 0 Å². The summed E-state index contributed by atoms with van der Waals surface area (Å²) in [6.07, 6.45) is 7.48. The second-order valence-corrected chi connectivity index (χ2v) is 5.48. The Bertz CT molecular complexity index is 850. The molecule has 0 fully saturated rings. The number of nitrogens with one attached hydrogen (secondary N) is 1. The van der Waals surface area contributed by atoms with Crippen LogP contribution in [0.1, 0.15) is 19.2 Å². The van der Waals surface area contributed by atoms with Crippen molar-refractivity contribution in [3.63, 3.8) is 0 Å². The number of anilines is 2. The molecule has 0 aromatic carbocycles. The van der Waals surface area contributed by atoms with Gasteiger partial charge in [0, 0.05) is 37.0 Å². The molecule has 1 aliphatic heterocycles. The van der Waals surface area contributed by atoms with Gasteiger partial charge in [0.1, 0.15) is 11.6 Å². The van der Waals surface area contributed by atoms with Crippen molar-refractivity contribution in [2.24, 2.45) is 7.05 Å². The molecular formula is C17H17N5. The number of aromatic nitrogens is 4. The number of pyridine rings is 2. The number of hydrogen-bond donors (Lipinski definition) is 1. The molecule has 3 aromatic rings. The molecule has 5 heteroatoms. The fourth-order valence-corrected chi connectivity index (χ4v) is 3.01. The first-order valence-electron chi connectivity index (χ1n) is 7.52. The molecule has 4 rings (SSSR count). The van der Waals surface area contributed by atoms with Gasteiger partial charge in [0.2, 0.25) is 0 Å². The molecule has 0 radical (unpaired) electrons. The average Bonchev–Trinajstić information content (AvgIpc) is 2.78. The molecule has 0 bridgehead atoms. The van der Waals surface area contributed by atoms with Gasteiger partial charge in [0.15, 0.2) is 0 Å². The number of rotatable bonds is 2. The van der Waals surface area contributed by atoms with E-state index in [1.54, 1.807) is 6.20 Å². The Kier molecular flexibility index (Phi) is 2.92. The van der Waals surface area contributed by atoms with Crippen molar-refractivity contribution < 1.29 is 0 Å². The van der Waals surface area contributed by atoms with Crippen molar-refractivity contribution >= 4 is 11.5 Å². The van der Waals surface area contributed by atoms with Crippen LogP contribution in [0.25, 0.3) is 22.5 Å². The van der Waals surface area contributed by atoms with E-state index in [4.69, 9.17) is 4.98 Å². The molecule has 0 saturated heterocycles. The molecule has 110 valence electrons. The summed E-state index contributed by atoms with van der Waals surface area (Å²) >= 11 is 0. The van der Waals surface area contributed by atoms with Gasteiger partial charge in [-0.2, -0.15) is 0 Å². The van der Waals surface area contributed by atoms with Gasteiger partial charge in [-0.05, 0) is 24.6 Å². The highest BCUT2D eigenvalue weighted by atomic mass is 15.1. The van der Waals surface area contributed by atoms with E-state index >= 15 is 0 Å². The van der Waals surface area contributed by atoms with Gasteiger partial charge in [-0.25, -0.2) is 9.97 Å². The molecule has 4 heterocycles. The maximum atomic E-state index is 4.91. The molecule has 0 spiro atoms. The molecule has 1 aliphatic rings. The van der Waals surface area contributed by atoms with E-state index < -0.39 is 0 Å². The second-order valence-electron chi connectivity index (χ2n) is 5.48. The summed E-state index contributed by atoms with van der Waals surface area (Å²) in [5, 5.41) is 3.39. The first-order valence-corrected chi connectivity index (χ1v) is 7.52. The third-order valence-corrected chi connectivity index (χ3v) is 4.05. The molecular weight excluding hydrogens is 274 g/mol. The zero-order valence-electron chi connectivity index (χ0n) is 12.7. The van der Waals surface area contributed by atoms with Crippen LogP contribution >= 0.6 is 0 Å². The Morgan fingerprint density at radius 1 is 1.18 bits per heavy atom. The molecule has 0 aliphatic carbocycles. The van der Waals surface area contributed by atoms with Crippen LogP contribution in [0.3, 0.4) is 0 Å². The lowest BCUT2D eigenvalue weighted by Gasteiger charge is -2.09. The number of fused-ring (bicyclic) bond motifs is 5. The zero-order valence-corrected chi connectivity index (χ0v) is 12.7. The minimum absolute atomic E-state index is 0.849. The molecule has 22 heavy (non-hydrogen) atoms. The summed E-state index contributed by atoms with van der Waals surface area (Å²) in [7, 11) is 2.08. The smallest absolute Gasteiger partial charge is 0.139 e. The molecule has 3 aromatic heterocycles. The fourth-order valence-electron chi connectivity index (χ4n) is 3.01. The van der Waals surface area contributed by atoms with Crippen LogP contribution in [0.5, 0.6) is 0 Å². The third kappa shape index (κ3) is 1.82. The maximum Gasteiger partial charge on any atom is 0.139 e. The van der Waals surface area contributed by atoms with Crippen molar-refractivity contribution in [3.8, 4) is 22.5 Å². The summed E-state index contributed by atoms with van der Waals surface area (Å²) in [5.41, 5.74) is 5.21.